The van der Waals surface area contributed by atoms with E-state index in [-0.39, 0.29) is 11.9 Å². The van der Waals surface area contributed by atoms with Crippen LogP contribution in [0.25, 0.3) is 0 Å². The average Bonchev–Trinajstić information content (AvgIpc) is 2.33. The molecule has 0 aliphatic rings. The third kappa shape index (κ3) is 3.95. The van der Waals surface area contributed by atoms with Gasteiger partial charge in [0.1, 0.15) is 5.82 Å². The molecule has 0 bridgehead atoms. The summed E-state index contributed by atoms with van der Waals surface area (Å²) in [5.74, 6) is 5.79. The maximum atomic E-state index is 13.2. The number of hydrazine groups is 1. The highest BCUT2D eigenvalue weighted by Gasteiger charge is 2.18. The van der Waals surface area contributed by atoms with E-state index >= 15 is 0 Å². The van der Waals surface area contributed by atoms with Crippen molar-refractivity contribution in [2.45, 2.75) is 39.2 Å². The Morgan fingerprint density at radius 2 is 2.00 bits per heavy atom. The second kappa shape index (κ2) is 6.94. The van der Waals surface area contributed by atoms with E-state index < -0.39 is 0 Å². The SMILES string of the molecule is CCC(CC)C(Cc1cc(F)ccc1Cl)NN. The van der Waals surface area contributed by atoms with Crippen molar-refractivity contribution in [2.24, 2.45) is 11.8 Å². The molecule has 3 N–H and O–H groups in total. The van der Waals surface area contributed by atoms with E-state index in [1.165, 1.54) is 12.1 Å². The molecule has 1 unspecified atom stereocenters. The van der Waals surface area contributed by atoms with Gasteiger partial charge in [0, 0.05) is 11.1 Å². The first-order chi connectivity index (χ1) is 8.12. The number of hydrogen-bond acceptors (Lipinski definition) is 2. The van der Waals surface area contributed by atoms with E-state index in [9.17, 15) is 4.39 Å². The summed E-state index contributed by atoms with van der Waals surface area (Å²) < 4.78 is 13.2. The van der Waals surface area contributed by atoms with Crippen LogP contribution in [-0.2, 0) is 6.42 Å². The third-order valence-electron chi connectivity index (χ3n) is 3.28. The zero-order valence-electron chi connectivity index (χ0n) is 10.3. The quantitative estimate of drug-likeness (QED) is 0.607. The van der Waals surface area contributed by atoms with Gasteiger partial charge in [-0.05, 0) is 36.1 Å². The predicted molar refractivity (Wildman–Crippen MR) is 70.3 cm³/mol. The molecule has 1 aromatic carbocycles. The number of benzene rings is 1. The zero-order chi connectivity index (χ0) is 12.8. The van der Waals surface area contributed by atoms with E-state index in [0.717, 1.165) is 18.4 Å². The van der Waals surface area contributed by atoms with Gasteiger partial charge in [0.15, 0.2) is 0 Å². The Labute approximate surface area is 107 Å². The summed E-state index contributed by atoms with van der Waals surface area (Å²) in [6.07, 6.45) is 2.73. The molecule has 4 heteroatoms. The summed E-state index contributed by atoms with van der Waals surface area (Å²) in [6, 6.07) is 4.57. The first kappa shape index (κ1) is 14.4. The molecule has 0 amide bonds. The highest BCUT2D eigenvalue weighted by Crippen LogP contribution is 2.22. The molecule has 1 rings (SSSR count). The van der Waals surface area contributed by atoms with Crippen molar-refractivity contribution in [1.82, 2.24) is 5.43 Å². The van der Waals surface area contributed by atoms with Crippen molar-refractivity contribution >= 4 is 11.6 Å². The van der Waals surface area contributed by atoms with E-state index in [0.29, 0.717) is 17.4 Å². The molecule has 96 valence electrons. The van der Waals surface area contributed by atoms with Crippen LogP contribution in [-0.4, -0.2) is 6.04 Å². The minimum Gasteiger partial charge on any atom is -0.271 e. The molecule has 1 atom stereocenters. The fourth-order valence-corrected chi connectivity index (χ4v) is 2.35. The molecule has 17 heavy (non-hydrogen) atoms. The van der Waals surface area contributed by atoms with Crippen LogP contribution < -0.4 is 11.3 Å². The van der Waals surface area contributed by atoms with Crippen molar-refractivity contribution in [3.8, 4) is 0 Å². The van der Waals surface area contributed by atoms with Crippen molar-refractivity contribution in [3.05, 3.63) is 34.6 Å². The summed E-state index contributed by atoms with van der Waals surface area (Å²) in [7, 11) is 0. The van der Waals surface area contributed by atoms with Gasteiger partial charge in [0.25, 0.3) is 0 Å². The highest BCUT2D eigenvalue weighted by atomic mass is 35.5. The molecule has 0 aliphatic carbocycles. The first-order valence-corrected chi connectivity index (χ1v) is 6.40. The highest BCUT2D eigenvalue weighted by molar-refractivity contribution is 6.31. The van der Waals surface area contributed by atoms with Gasteiger partial charge in [-0.1, -0.05) is 38.3 Å². The normalized spacial score (nSPS) is 13.1. The van der Waals surface area contributed by atoms with Crippen molar-refractivity contribution < 1.29 is 4.39 Å². The Balaban J connectivity index is 2.83. The van der Waals surface area contributed by atoms with Crippen molar-refractivity contribution in [1.29, 1.82) is 0 Å². The summed E-state index contributed by atoms with van der Waals surface area (Å²) >= 11 is 6.05. The van der Waals surface area contributed by atoms with Gasteiger partial charge in [-0.3, -0.25) is 11.3 Å². The van der Waals surface area contributed by atoms with Crippen LogP contribution in [0, 0.1) is 11.7 Å². The van der Waals surface area contributed by atoms with Gasteiger partial charge in [0.05, 0.1) is 0 Å². The topological polar surface area (TPSA) is 38.0 Å². The van der Waals surface area contributed by atoms with Gasteiger partial charge >= 0.3 is 0 Å². The van der Waals surface area contributed by atoms with Crippen molar-refractivity contribution in [3.63, 3.8) is 0 Å². The fourth-order valence-electron chi connectivity index (χ4n) is 2.16. The molecule has 0 saturated heterocycles. The number of halogens is 2. The molecule has 0 aliphatic heterocycles. The summed E-state index contributed by atoms with van der Waals surface area (Å²) in [5.41, 5.74) is 3.63. The number of nitrogens with one attached hydrogen (secondary N) is 1. The van der Waals surface area contributed by atoms with Crippen LogP contribution in [0.15, 0.2) is 18.2 Å². The van der Waals surface area contributed by atoms with E-state index in [4.69, 9.17) is 17.4 Å². The lowest BCUT2D eigenvalue weighted by Gasteiger charge is -2.25. The number of rotatable bonds is 6. The Morgan fingerprint density at radius 1 is 1.35 bits per heavy atom. The monoisotopic (exact) mass is 258 g/mol. The van der Waals surface area contributed by atoms with E-state index in [1.54, 1.807) is 6.07 Å². The smallest absolute Gasteiger partial charge is 0.123 e. The minimum atomic E-state index is -0.260. The van der Waals surface area contributed by atoms with Crippen LogP contribution >= 0.6 is 11.6 Å². The number of hydrogen-bond donors (Lipinski definition) is 2. The van der Waals surface area contributed by atoms with E-state index in [2.05, 4.69) is 19.3 Å². The summed E-state index contributed by atoms with van der Waals surface area (Å²) in [5, 5.41) is 0.595. The Hall–Kier alpha value is -0.640. The van der Waals surface area contributed by atoms with Crippen LogP contribution in [0.1, 0.15) is 32.3 Å². The predicted octanol–water partition coefficient (Wildman–Crippen LogP) is 3.29. The fraction of sp³-hybridized carbons (Fsp3) is 0.538. The minimum absolute atomic E-state index is 0.129. The largest absolute Gasteiger partial charge is 0.271 e. The van der Waals surface area contributed by atoms with Crippen LogP contribution in [0.4, 0.5) is 4.39 Å². The second-order valence-corrected chi connectivity index (χ2v) is 4.70. The maximum Gasteiger partial charge on any atom is 0.123 e. The van der Waals surface area contributed by atoms with Gasteiger partial charge < -0.3 is 0 Å². The third-order valence-corrected chi connectivity index (χ3v) is 3.65. The van der Waals surface area contributed by atoms with Gasteiger partial charge in [-0.25, -0.2) is 4.39 Å². The van der Waals surface area contributed by atoms with Gasteiger partial charge in [-0.15, -0.1) is 0 Å². The van der Waals surface area contributed by atoms with Crippen molar-refractivity contribution in [2.75, 3.05) is 0 Å². The second-order valence-electron chi connectivity index (χ2n) is 4.29. The molecule has 1 aromatic rings. The molecule has 0 aromatic heterocycles. The molecule has 2 nitrogen and oxygen atoms in total. The van der Waals surface area contributed by atoms with Crippen LogP contribution in [0.5, 0.6) is 0 Å². The lowest BCUT2D eigenvalue weighted by Crippen LogP contribution is -2.42. The molecular formula is C13H20ClFN2. The summed E-state index contributed by atoms with van der Waals surface area (Å²) in [4.78, 5) is 0. The van der Waals surface area contributed by atoms with Gasteiger partial charge in [0.2, 0.25) is 0 Å². The van der Waals surface area contributed by atoms with Gasteiger partial charge in [-0.2, -0.15) is 0 Å². The maximum absolute atomic E-state index is 13.2. The molecule has 0 fully saturated rings. The molecule has 0 spiro atoms. The number of nitrogens with two attached hydrogens (primary N) is 1. The lowest BCUT2D eigenvalue weighted by atomic mass is 9.90. The zero-order valence-corrected chi connectivity index (χ0v) is 11.1. The summed E-state index contributed by atoms with van der Waals surface area (Å²) in [6.45, 7) is 4.26. The lowest BCUT2D eigenvalue weighted by molar-refractivity contribution is 0.335. The Morgan fingerprint density at radius 3 is 2.53 bits per heavy atom. The standard InChI is InChI=1S/C13H20ClFN2/c1-3-9(4-2)13(17-16)8-10-7-11(15)5-6-12(10)14/h5-7,9,13,17H,3-4,8,16H2,1-2H3. The molecular weight excluding hydrogens is 239 g/mol. The van der Waals surface area contributed by atoms with Crippen LogP contribution in [0.2, 0.25) is 5.02 Å². The molecule has 0 heterocycles. The molecule has 0 saturated carbocycles. The Bertz CT molecular complexity index is 353. The first-order valence-electron chi connectivity index (χ1n) is 6.02. The average molecular weight is 259 g/mol. The Kier molecular flexibility index (Phi) is 5.89. The molecule has 0 radical (unpaired) electrons. The van der Waals surface area contributed by atoms with Crippen LogP contribution in [0.3, 0.4) is 0 Å². The van der Waals surface area contributed by atoms with E-state index in [1.807, 2.05) is 0 Å².